The lowest BCUT2D eigenvalue weighted by Gasteiger charge is -2.30. The molecule has 0 N–H and O–H groups in total. The lowest BCUT2D eigenvalue weighted by Crippen LogP contribution is -2.44. The molecular formula is C22H31FN4O3S2. The molecule has 1 fully saturated rings. The minimum absolute atomic E-state index is 0.0249. The van der Waals surface area contributed by atoms with Crippen LogP contribution in [0, 0.1) is 17.7 Å². The van der Waals surface area contributed by atoms with Crippen molar-refractivity contribution in [1.29, 1.82) is 0 Å². The summed E-state index contributed by atoms with van der Waals surface area (Å²) in [6, 6.07) is 6.16. The van der Waals surface area contributed by atoms with Crippen molar-refractivity contribution in [3.8, 4) is 11.4 Å². The third-order valence-electron chi connectivity index (χ3n) is 5.24. The summed E-state index contributed by atoms with van der Waals surface area (Å²) in [6.07, 6.45) is 0.479. The van der Waals surface area contributed by atoms with Gasteiger partial charge in [-0.2, -0.15) is 0 Å². The van der Waals surface area contributed by atoms with Gasteiger partial charge in [0.1, 0.15) is 5.82 Å². The van der Waals surface area contributed by atoms with E-state index < -0.39 is 9.84 Å². The van der Waals surface area contributed by atoms with Crippen molar-refractivity contribution in [1.82, 2.24) is 19.7 Å². The standard InChI is InChI=1S/C22H31FN4O3S2/c1-15(2)11-26(17-9-10-32(29,30)14-17)20(28)13-31-22-25-24-21(27(22)12-16(3)4)18-7-5-6-8-19(18)23/h5-8,15-17H,9-14H2,1-4H3. The number of aromatic nitrogens is 3. The lowest BCUT2D eigenvalue weighted by molar-refractivity contribution is -0.130. The zero-order valence-electron chi connectivity index (χ0n) is 19.0. The second-order valence-corrected chi connectivity index (χ2v) is 12.2. The van der Waals surface area contributed by atoms with E-state index in [2.05, 4.69) is 24.0 Å². The number of amides is 1. The number of sulfone groups is 1. The second kappa shape index (κ2) is 10.3. The van der Waals surface area contributed by atoms with Gasteiger partial charge in [0.25, 0.3) is 0 Å². The van der Waals surface area contributed by atoms with Crippen LogP contribution in [0.2, 0.25) is 0 Å². The first-order valence-corrected chi connectivity index (χ1v) is 13.7. The van der Waals surface area contributed by atoms with Crippen LogP contribution in [0.15, 0.2) is 29.4 Å². The zero-order valence-corrected chi connectivity index (χ0v) is 20.6. The molecule has 7 nitrogen and oxygen atoms in total. The average molecular weight is 483 g/mol. The molecule has 1 unspecified atom stereocenters. The fourth-order valence-corrected chi connectivity index (χ4v) is 6.41. The van der Waals surface area contributed by atoms with Crippen molar-refractivity contribution in [2.45, 2.75) is 51.9 Å². The smallest absolute Gasteiger partial charge is 0.233 e. The molecule has 1 aromatic heterocycles. The summed E-state index contributed by atoms with van der Waals surface area (Å²) in [5.41, 5.74) is 0.372. The van der Waals surface area contributed by atoms with Crippen LogP contribution in [0.5, 0.6) is 0 Å². The SMILES string of the molecule is CC(C)CN(C(=O)CSc1nnc(-c2ccccc2F)n1CC(C)C)C1CCS(=O)(=O)C1. The minimum atomic E-state index is -3.09. The third-order valence-corrected chi connectivity index (χ3v) is 7.94. The van der Waals surface area contributed by atoms with Gasteiger partial charge < -0.3 is 9.47 Å². The molecule has 2 aromatic rings. The van der Waals surface area contributed by atoms with Gasteiger partial charge in [-0.05, 0) is 30.4 Å². The van der Waals surface area contributed by atoms with E-state index in [1.54, 1.807) is 23.1 Å². The third kappa shape index (κ3) is 6.10. The number of hydrogen-bond acceptors (Lipinski definition) is 6. The van der Waals surface area contributed by atoms with E-state index in [0.29, 0.717) is 36.1 Å². The molecule has 1 aromatic carbocycles. The van der Waals surface area contributed by atoms with Gasteiger partial charge in [0.05, 0.1) is 22.8 Å². The maximum Gasteiger partial charge on any atom is 0.233 e. The van der Waals surface area contributed by atoms with Gasteiger partial charge >= 0.3 is 0 Å². The summed E-state index contributed by atoms with van der Waals surface area (Å²) in [7, 11) is -3.09. The van der Waals surface area contributed by atoms with Gasteiger partial charge in [0.15, 0.2) is 20.8 Å². The van der Waals surface area contributed by atoms with E-state index in [-0.39, 0.29) is 46.9 Å². The van der Waals surface area contributed by atoms with Crippen LogP contribution in [0.4, 0.5) is 4.39 Å². The number of nitrogens with zero attached hydrogens (tertiary/aromatic N) is 4. The van der Waals surface area contributed by atoms with Crippen LogP contribution in [-0.2, 0) is 21.2 Å². The van der Waals surface area contributed by atoms with Crippen LogP contribution in [-0.4, -0.2) is 63.8 Å². The number of benzene rings is 1. The molecule has 0 spiro atoms. The molecule has 0 radical (unpaired) electrons. The quantitative estimate of drug-likeness (QED) is 0.509. The van der Waals surface area contributed by atoms with Gasteiger partial charge in [-0.25, -0.2) is 12.8 Å². The summed E-state index contributed by atoms with van der Waals surface area (Å²) >= 11 is 1.26. The molecule has 3 rings (SSSR count). The van der Waals surface area contributed by atoms with Gasteiger partial charge in [-0.1, -0.05) is 51.6 Å². The molecule has 32 heavy (non-hydrogen) atoms. The van der Waals surface area contributed by atoms with Crippen molar-refractivity contribution < 1.29 is 17.6 Å². The monoisotopic (exact) mass is 482 g/mol. The molecule has 176 valence electrons. The van der Waals surface area contributed by atoms with E-state index in [4.69, 9.17) is 0 Å². The van der Waals surface area contributed by atoms with Crippen molar-refractivity contribution in [3.63, 3.8) is 0 Å². The highest BCUT2D eigenvalue weighted by Gasteiger charge is 2.35. The molecule has 0 aliphatic carbocycles. The predicted octanol–water partition coefficient (Wildman–Crippen LogP) is 3.50. The molecule has 1 amide bonds. The summed E-state index contributed by atoms with van der Waals surface area (Å²) in [6.45, 7) is 9.22. The number of thioether (sulfide) groups is 1. The highest BCUT2D eigenvalue weighted by atomic mass is 32.2. The second-order valence-electron chi connectivity index (χ2n) is 9.08. The van der Waals surface area contributed by atoms with Crippen molar-refractivity contribution in [2.75, 3.05) is 23.8 Å². The average Bonchev–Trinajstić information content (AvgIpc) is 3.26. The van der Waals surface area contributed by atoms with E-state index in [9.17, 15) is 17.6 Å². The Labute approximate surface area is 193 Å². The lowest BCUT2D eigenvalue weighted by atomic mass is 10.1. The number of rotatable bonds is 9. The number of halogens is 1. The summed E-state index contributed by atoms with van der Waals surface area (Å²) in [4.78, 5) is 14.8. The first-order valence-electron chi connectivity index (χ1n) is 10.9. The molecule has 2 heterocycles. The van der Waals surface area contributed by atoms with Gasteiger partial charge in [0, 0.05) is 19.1 Å². The van der Waals surface area contributed by atoms with E-state index in [1.165, 1.54) is 17.8 Å². The number of hydrogen-bond donors (Lipinski definition) is 0. The Kier molecular flexibility index (Phi) is 7.97. The normalized spacial score (nSPS) is 17.9. The van der Waals surface area contributed by atoms with Crippen LogP contribution < -0.4 is 0 Å². The molecule has 1 saturated heterocycles. The fraction of sp³-hybridized carbons (Fsp3) is 0.591. The Morgan fingerprint density at radius 2 is 1.94 bits per heavy atom. The minimum Gasteiger partial charge on any atom is -0.338 e. The summed E-state index contributed by atoms with van der Waals surface area (Å²) in [5.74, 6) is 0.722. The number of carbonyl (C=O) groups excluding carboxylic acids is 1. The topological polar surface area (TPSA) is 85.2 Å². The van der Waals surface area contributed by atoms with Crippen LogP contribution in [0.25, 0.3) is 11.4 Å². The largest absolute Gasteiger partial charge is 0.338 e. The Morgan fingerprint density at radius 3 is 2.53 bits per heavy atom. The number of carbonyl (C=O) groups is 1. The Hall–Kier alpha value is -1.94. The first kappa shape index (κ1) is 24.7. The Balaban J connectivity index is 1.80. The van der Waals surface area contributed by atoms with Crippen molar-refractivity contribution >= 4 is 27.5 Å². The van der Waals surface area contributed by atoms with Gasteiger partial charge in [-0.15, -0.1) is 10.2 Å². The molecule has 10 heteroatoms. The van der Waals surface area contributed by atoms with Crippen LogP contribution in [0.3, 0.4) is 0 Å². The van der Waals surface area contributed by atoms with Crippen LogP contribution >= 0.6 is 11.8 Å². The highest BCUT2D eigenvalue weighted by molar-refractivity contribution is 7.99. The van der Waals surface area contributed by atoms with E-state index in [0.717, 1.165) is 0 Å². The highest BCUT2D eigenvalue weighted by Crippen LogP contribution is 2.28. The molecule has 1 aliphatic rings. The molecule has 1 aliphatic heterocycles. The Morgan fingerprint density at radius 1 is 1.22 bits per heavy atom. The first-order chi connectivity index (χ1) is 15.1. The maximum absolute atomic E-state index is 14.4. The fourth-order valence-electron chi connectivity index (χ4n) is 3.85. The van der Waals surface area contributed by atoms with Crippen molar-refractivity contribution in [3.05, 3.63) is 30.1 Å². The van der Waals surface area contributed by atoms with Crippen molar-refractivity contribution in [2.24, 2.45) is 11.8 Å². The van der Waals surface area contributed by atoms with Crippen LogP contribution in [0.1, 0.15) is 34.1 Å². The summed E-state index contributed by atoms with van der Waals surface area (Å²) < 4.78 is 40.1. The Bertz CT molecular complexity index is 1050. The molecule has 0 bridgehead atoms. The zero-order chi connectivity index (χ0) is 23.5. The maximum atomic E-state index is 14.4. The van der Waals surface area contributed by atoms with Gasteiger partial charge in [0.2, 0.25) is 5.91 Å². The molecule has 0 saturated carbocycles. The van der Waals surface area contributed by atoms with Gasteiger partial charge in [-0.3, -0.25) is 4.79 Å². The molecule has 1 atom stereocenters. The predicted molar refractivity (Wildman–Crippen MR) is 125 cm³/mol. The van der Waals surface area contributed by atoms with E-state index in [1.807, 2.05) is 18.4 Å². The summed E-state index contributed by atoms with van der Waals surface area (Å²) in [5, 5.41) is 9.01. The van der Waals surface area contributed by atoms with E-state index >= 15 is 0 Å². The molecular weight excluding hydrogens is 451 g/mol.